The van der Waals surface area contributed by atoms with E-state index in [1.807, 2.05) is 4.90 Å². The first-order valence-electron chi connectivity index (χ1n) is 10.3. The van der Waals surface area contributed by atoms with Crippen molar-refractivity contribution in [2.75, 3.05) is 35.8 Å². The number of anilines is 2. The SMILES string of the molecule is Cc1c(NS(=O)(=O)c2ccccc2)cccc1C(=O)N1CCN(c2ccccc2F)CC1. The molecule has 0 unspecified atom stereocenters. The number of rotatable bonds is 5. The number of carbonyl (C=O) groups is 1. The predicted octanol–water partition coefficient (Wildman–Crippen LogP) is 3.90. The van der Waals surface area contributed by atoms with Gasteiger partial charge in [-0.2, -0.15) is 0 Å². The van der Waals surface area contributed by atoms with Gasteiger partial charge in [-0.25, -0.2) is 12.8 Å². The van der Waals surface area contributed by atoms with Gasteiger partial charge in [0.1, 0.15) is 5.82 Å². The number of hydrogen-bond acceptors (Lipinski definition) is 4. The molecular formula is C24H24FN3O3S. The van der Waals surface area contributed by atoms with E-state index in [4.69, 9.17) is 0 Å². The lowest BCUT2D eigenvalue weighted by molar-refractivity contribution is 0.0746. The second-order valence-corrected chi connectivity index (χ2v) is 9.31. The van der Waals surface area contributed by atoms with Crippen molar-refractivity contribution in [1.82, 2.24) is 4.90 Å². The second kappa shape index (κ2) is 9.00. The Morgan fingerprint density at radius 1 is 0.875 bits per heavy atom. The molecule has 166 valence electrons. The molecule has 0 atom stereocenters. The first kappa shape index (κ1) is 21.8. The van der Waals surface area contributed by atoms with Gasteiger partial charge in [0.05, 0.1) is 16.3 Å². The Kier molecular flexibility index (Phi) is 6.14. The first-order valence-corrected chi connectivity index (χ1v) is 11.8. The number of sulfonamides is 1. The molecule has 4 rings (SSSR count). The number of amides is 1. The van der Waals surface area contributed by atoms with Crippen LogP contribution in [0, 0.1) is 12.7 Å². The molecule has 0 spiro atoms. The number of benzene rings is 3. The van der Waals surface area contributed by atoms with Crippen molar-refractivity contribution < 1.29 is 17.6 Å². The van der Waals surface area contributed by atoms with E-state index in [-0.39, 0.29) is 16.6 Å². The normalized spacial score (nSPS) is 14.3. The van der Waals surface area contributed by atoms with E-state index >= 15 is 0 Å². The minimum atomic E-state index is -3.76. The zero-order valence-electron chi connectivity index (χ0n) is 17.7. The highest BCUT2D eigenvalue weighted by Gasteiger charge is 2.25. The maximum Gasteiger partial charge on any atom is 0.261 e. The molecule has 8 heteroatoms. The molecule has 1 heterocycles. The van der Waals surface area contributed by atoms with Crippen LogP contribution in [0.15, 0.2) is 77.7 Å². The zero-order valence-corrected chi connectivity index (χ0v) is 18.5. The van der Waals surface area contributed by atoms with E-state index < -0.39 is 10.0 Å². The minimum Gasteiger partial charge on any atom is -0.366 e. The number of piperazine rings is 1. The third-order valence-electron chi connectivity index (χ3n) is 5.62. The topological polar surface area (TPSA) is 69.7 Å². The summed E-state index contributed by atoms with van der Waals surface area (Å²) in [5.41, 5.74) is 1.91. The summed E-state index contributed by atoms with van der Waals surface area (Å²) in [6.07, 6.45) is 0. The molecular weight excluding hydrogens is 429 g/mol. The molecule has 1 saturated heterocycles. The smallest absolute Gasteiger partial charge is 0.261 e. The predicted molar refractivity (Wildman–Crippen MR) is 123 cm³/mol. The number of nitrogens with zero attached hydrogens (tertiary/aromatic N) is 2. The average Bonchev–Trinajstić information content (AvgIpc) is 2.81. The summed E-state index contributed by atoms with van der Waals surface area (Å²) in [5, 5.41) is 0. The monoisotopic (exact) mass is 453 g/mol. The molecule has 1 aliphatic heterocycles. The van der Waals surface area contributed by atoms with Crippen molar-refractivity contribution in [2.45, 2.75) is 11.8 Å². The number of hydrogen-bond donors (Lipinski definition) is 1. The lowest BCUT2D eigenvalue weighted by Crippen LogP contribution is -2.49. The molecule has 1 fully saturated rings. The molecule has 6 nitrogen and oxygen atoms in total. The summed E-state index contributed by atoms with van der Waals surface area (Å²) in [6, 6.07) is 19.7. The van der Waals surface area contributed by atoms with Gasteiger partial charge in [-0.05, 0) is 48.9 Å². The molecule has 32 heavy (non-hydrogen) atoms. The first-order chi connectivity index (χ1) is 15.4. The molecule has 0 bridgehead atoms. The fourth-order valence-electron chi connectivity index (χ4n) is 3.81. The van der Waals surface area contributed by atoms with Crippen molar-refractivity contribution in [1.29, 1.82) is 0 Å². The van der Waals surface area contributed by atoms with E-state index in [1.54, 1.807) is 66.4 Å². The summed E-state index contributed by atoms with van der Waals surface area (Å²) >= 11 is 0. The maximum atomic E-state index is 14.1. The van der Waals surface area contributed by atoms with Gasteiger partial charge in [-0.1, -0.05) is 36.4 Å². The Morgan fingerprint density at radius 2 is 1.53 bits per heavy atom. The third kappa shape index (κ3) is 4.45. The Hall–Kier alpha value is -3.39. The molecule has 1 N–H and O–H groups in total. The lowest BCUT2D eigenvalue weighted by Gasteiger charge is -2.36. The Balaban J connectivity index is 1.49. The van der Waals surface area contributed by atoms with Crippen LogP contribution in [-0.2, 0) is 10.0 Å². The van der Waals surface area contributed by atoms with Crippen LogP contribution in [0.1, 0.15) is 15.9 Å². The second-order valence-electron chi connectivity index (χ2n) is 7.63. The summed E-state index contributed by atoms with van der Waals surface area (Å²) in [5.74, 6) is -0.446. The van der Waals surface area contributed by atoms with E-state index in [2.05, 4.69) is 4.72 Å². The van der Waals surface area contributed by atoms with Gasteiger partial charge in [-0.15, -0.1) is 0 Å². The largest absolute Gasteiger partial charge is 0.366 e. The molecule has 3 aromatic carbocycles. The van der Waals surface area contributed by atoms with Crippen molar-refractivity contribution in [3.63, 3.8) is 0 Å². The summed E-state index contributed by atoms with van der Waals surface area (Å²) in [6.45, 7) is 3.67. The van der Waals surface area contributed by atoms with E-state index in [9.17, 15) is 17.6 Å². The molecule has 1 aliphatic rings. The van der Waals surface area contributed by atoms with Crippen molar-refractivity contribution in [2.24, 2.45) is 0 Å². The van der Waals surface area contributed by atoms with E-state index in [0.29, 0.717) is 48.7 Å². The van der Waals surface area contributed by atoms with Gasteiger partial charge < -0.3 is 9.80 Å². The van der Waals surface area contributed by atoms with Crippen LogP contribution in [0.4, 0.5) is 15.8 Å². The molecule has 0 aliphatic carbocycles. The maximum absolute atomic E-state index is 14.1. The van der Waals surface area contributed by atoms with Crippen LogP contribution >= 0.6 is 0 Å². The standard InChI is InChI=1S/C24H24FN3O3S/c1-18-20(10-7-12-22(18)26-32(30,31)19-8-3-2-4-9-19)24(29)28-16-14-27(15-17-28)23-13-6-5-11-21(23)25/h2-13,26H,14-17H2,1H3. The van der Waals surface area contributed by atoms with Gasteiger partial charge in [0, 0.05) is 31.7 Å². The third-order valence-corrected chi connectivity index (χ3v) is 7.00. The van der Waals surface area contributed by atoms with Crippen LogP contribution in [0.5, 0.6) is 0 Å². The zero-order chi connectivity index (χ0) is 22.7. The highest BCUT2D eigenvalue weighted by molar-refractivity contribution is 7.92. The van der Waals surface area contributed by atoms with Gasteiger partial charge in [0.2, 0.25) is 0 Å². The van der Waals surface area contributed by atoms with Crippen LogP contribution in [0.25, 0.3) is 0 Å². The lowest BCUT2D eigenvalue weighted by atomic mass is 10.1. The highest BCUT2D eigenvalue weighted by Crippen LogP contribution is 2.25. The van der Waals surface area contributed by atoms with E-state index in [0.717, 1.165) is 0 Å². The summed E-state index contributed by atoms with van der Waals surface area (Å²) < 4.78 is 42.0. The Labute approximate surface area is 187 Å². The van der Waals surface area contributed by atoms with Gasteiger partial charge in [-0.3, -0.25) is 9.52 Å². The average molecular weight is 454 g/mol. The molecule has 0 saturated carbocycles. The van der Waals surface area contributed by atoms with E-state index in [1.165, 1.54) is 18.2 Å². The fourth-order valence-corrected chi connectivity index (χ4v) is 4.95. The van der Waals surface area contributed by atoms with Crippen molar-refractivity contribution in [3.05, 3.63) is 89.7 Å². The van der Waals surface area contributed by atoms with Crippen LogP contribution in [0.3, 0.4) is 0 Å². The van der Waals surface area contributed by atoms with Crippen LogP contribution < -0.4 is 9.62 Å². The molecule has 0 aromatic heterocycles. The van der Waals surface area contributed by atoms with Gasteiger partial charge in [0.25, 0.3) is 15.9 Å². The highest BCUT2D eigenvalue weighted by atomic mass is 32.2. The van der Waals surface area contributed by atoms with Gasteiger partial charge >= 0.3 is 0 Å². The van der Waals surface area contributed by atoms with Crippen LogP contribution in [0.2, 0.25) is 0 Å². The number of para-hydroxylation sites is 1. The Bertz CT molecular complexity index is 1220. The quantitative estimate of drug-likeness (QED) is 0.636. The van der Waals surface area contributed by atoms with Gasteiger partial charge in [0.15, 0.2) is 0 Å². The molecule has 1 amide bonds. The summed E-state index contributed by atoms with van der Waals surface area (Å²) in [7, 11) is -3.76. The molecule has 0 radical (unpaired) electrons. The number of nitrogens with one attached hydrogen (secondary N) is 1. The number of carbonyl (C=O) groups excluding carboxylic acids is 1. The van der Waals surface area contributed by atoms with Crippen LogP contribution in [-0.4, -0.2) is 45.4 Å². The minimum absolute atomic E-state index is 0.153. The Morgan fingerprint density at radius 3 is 2.22 bits per heavy atom. The fraction of sp³-hybridized carbons (Fsp3) is 0.208. The summed E-state index contributed by atoms with van der Waals surface area (Å²) in [4.78, 5) is 17.0. The number of halogens is 1. The molecule has 3 aromatic rings. The van der Waals surface area contributed by atoms with Crippen molar-refractivity contribution >= 4 is 27.3 Å². The van der Waals surface area contributed by atoms with Crippen molar-refractivity contribution in [3.8, 4) is 0 Å².